The van der Waals surface area contributed by atoms with E-state index < -0.39 is 0 Å². The Bertz CT molecular complexity index is 598. The van der Waals surface area contributed by atoms with Gasteiger partial charge in [-0.25, -0.2) is 0 Å². The van der Waals surface area contributed by atoms with Gasteiger partial charge in [0.25, 0.3) is 0 Å². The van der Waals surface area contributed by atoms with Crippen LogP contribution in [-0.4, -0.2) is 24.4 Å². The zero-order chi connectivity index (χ0) is 13.7. The number of rotatable bonds is 3. The van der Waals surface area contributed by atoms with E-state index in [-0.39, 0.29) is 0 Å². The van der Waals surface area contributed by atoms with Gasteiger partial charge in [-0.3, -0.25) is 0 Å². The van der Waals surface area contributed by atoms with E-state index >= 15 is 0 Å². The van der Waals surface area contributed by atoms with Crippen LogP contribution in [0, 0.1) is 6.92 Å². The second kappa shape index (κ2) is 6.00. The summed E-state index contributed by atoms with van der Waals surface area (Å²) in [6, 6.07) is 9.89. The highest BCUT2D eigenvalue weighted by molar-refractivity contribution is 5.68. The van der Waals surface area contributed by atoms with E-state index in [1.54, 1.807) is 14.2 Å². The van der Waals surface area contributed by atoms with E-state index in [1.165, 1.54) is 0 Å². The van der Waals surface area contributed by atoms with Crippen LogP contribution in [-0.2, 0) is 0 Å². The third-order valence-corrected chi connectivity index (χ3v) is 2.95. The van der Waals surface area contributed by atoms with Gasteiger partial charge < -0.3 is 19.7 Å². The molecule has 2 rings (SSSR count). The average Bonchev–Trinajstić information content (AvgIpc) is 2.42. The van der Waals surface area contributed by atoms with Crippen LogP contribution in [0.15, 0.2) is 42.7 Å². The molecule has 4 nitrogen and oxygen atoms in total. The van der Waals surface area contributed by atoms with Crippen molar-refractivity contribution in [1.82, 2.24) is 10.2 Å². The number of hydrogen-bond donors (Lipinski definition) is 2. The van der Waals surface area contributed by atoms with Crippen LogP contribution in [0.2, 0.25) is 0 Å². The van der Waals surface area contributed by atoms with E-state index in [0.29, 0.717) is 0 Å². The van der Waals surface area contributed by atoms with Crippen molar-refractivity contribution in [2.24, 2.45) is 0 Å². The van der Waals surface area contributed by atoms with Crippen LogP contribution in [0.3, 0.4) is 0 Å². The number of nitrogens with one attached hydrogen (secondary N) is 2. The van der Waals surface area contributed by atoms with Gasteiger partial charge in [0.1, 0.15) is 0 Å². The fourth-order valence-electron chi connectivity index (χ4n) is 1.92. The summed E-state index contributed by atoms with van der Waals surface area (Å²) in [5.74, 6) is 1.45. The van der Waals surface area contributed by atoms with Gasteiger partial charge in [-0.15, -0.1) is 0 Å². The van der Waals surface area contributed by atoms with Crippen molar-refractivity contribution in [2.45, 2.75) is 6.92 Å². The molecule has 0 spiro atoms. The van der Waals surface area contributed by atoms with Crippen molar-refractivity contribution < 1.29 is 9.47 Å². The van der Waals surface area contributed by atoms with Gasteiger partial charge in [-0.2, -0.15) is 0 Å². The minimum atomic E-state index is 0.722. The van der Waals surface area contributed by atoms with Crippen molar-refractivity contribution in [3.05, 3.63) is 48.3 Å². The molecule has 0 aliphatic rings. The van der Waals surface area contributed by atoms with Gasteiger partial charge in [0.2, 0.25) is 0 Å². The number of benzene rings is 1. The molecule has 0 unspecified atom stereocenters. The quantitative estimate of drug-likeness (QED) is 0.885. The van der Waals surface area contributed by atoms with Crippen LogP contribution in [0.5, 0.6) is 11.5 Å². The smallest absolute Gasteiger partial charge is 0.161 e. The lowest BCUT2D eigenvalue weighted by molar-refractivity contribution is 0.355. The molecule has 0 aliphatic carbocycles. The first-order valence-electron chi connectivity index (χ1n) is 6.03. The maximum atomic E-state index is 5.34. The van der Waals surface area contributed by atoms with Gasteiger partial charge in [0.05, 0.1) is 14.2 Å². The first-order chi connectivity index (χ1) is 9.26. The molecule has 0 amide bonds. The lowest BCUT2D eigenvalue weighted by atomic mass is 10.0. The number of methoxy groups -OCH3 is 2. The summed E-state index contributed by atoms with van der Waals surface area (Å²) >= 11 is 0. The third-order valence-electron chi connectivity index (χ3n) is 2.95. The number of ether oxygens (including phenoxy) is 2. The molecule has 0 radical (unpaired) electrons. The highest BCUT2D eigenvalue weighted by atomic mass is 16.5. The van der Waals surface area contributed by atoms with Crippen LogP contribution in [0.4, 0.5) is 0 Å². The highest BCUT2D eigenvalue weighted by Crippen LogP contribution is 2.32. The molecule has 4 heteroatoms. The topological polar surface area (TPSA) is 50.0 Å². The molecule has 1 aromatic carbocycles. The van der Waals surface area contributed by atoms with Crippen molar-refractivity contribution in [3.63, 3.8) is 0 Å². The summed E-state index contributed by atoms with van der Waals surface area (Å²) in [7, 11) is 3.27. The largest absolute Gasteiger partial charge is 0.493 e. The highest BCUT2D eigenvalue weighted by Gasteiger charge is 2.07. The number of aromatic amines is 2. The lowest BCUT2D eigenvalue weighted by Gasteiger charge is -2.10. The van der Waals surface area contributed by atoms with Crippen LogP contribution in [0.1, 0.15) is 5.56 Å². The predicted octanol–water partition coefficient (Wildman–Crippen LogP) is 3.46. The fourth-order valence-corrected chi connectivity index (χ4v) is 1.92. The average molecular weight is 258 g/mol. The Morgan fingerprint density at radius 3 is 2.47 bits per heavy atom. The Kier molecular flexibility index (Phi) is 4.13. The molecule has 0 saturated carbocycles. The van der Waals surface area contributed by atoms with Crippen LogP contribution < -0.4 is 9.47 Å². The molecule has 19 heavy (non-hydrogen) atoms. The number of aryl methyl sites for hydroxylation is 1. The van der Waals surface area contributed by atoms with Gasteiger partial charge in [0, 0.05) is 18.0 Å². The molecular formula is C15H18N2O2. The molecule has 0 aliphatic heterocycles. The van der Waals surface area contributed by atoms with E-state index in [2.05, 4.69) is 23.2 Å². The van der Waals surface area contributed by atoms with E-state index in [1.807, 2.05) is 36.7 Å². The number of aromatic nitrogens is 2. The molecule has 1 aromatic heterocycles. The zero-order valence-corrected chi connectivity index (χ0v) is 11.4. The molecule has 0 bridgehead atoms. The lowest BCUT2D eigenvalue weighted by Crippen LogP contribution is -1.91. The van der Waals surface area contributed by atoms with E-state index in [4.69, 9.17) is 9.47 Å². The summed E-state index contributed by atoms with van der Waals surface area (Å²) in [5.41, 5.74) is 3.33. The molecule has 2 aromatic rings. The molecule has 0 fully saturated rings. The van der Waals surface area contributed by atoms with Crippen molar-refractivity contribution in [2.75, 3.05) is 14.2 Å². The van der Waals surface area contributed by atoms with Gasteiger partial charge in [-0.05, 0) is 36.2 Å². The summed E-state index contributed by atoms with van der Waals surface area (Å²) in [5, 5.41) is 5.97. The van der Waals surface area contributed by atoms with Crippen molar-refractivity contribution in [1.29, 1.82) is 0 Å². The Hall–Kier alpha value is -2.36. The maximum Gasteiger partial charge on any atom is 0.161 e. The van der Waals surface area contributed by atoms with E-state index in [9.17, 15) is 0 Å². The van der Waals surface area contributed by atoms with Crippen molar-refractivity contribution >= 4 is 0 Å². The first kappa shape index (κ1) is 13.1. The summed E-state index contributed by atoms with van der Waals surface area (Å²) in [4.78, 5) is 0. The Labute approximate surface area is 112 Å². The second-order valence-corrected chi connectivity index (χ2v) is 4.13. The Morgan fingerprint density at radius 1 is 0.947 bits per heavy atom. The van der Waals surface area contributed by atoms with Crippen molar-refractivity contribution in [3.8, 4) is 22.6 Å². The number of H-pyrrole nitrogens is 2. The minimum absolute atomic E-state index is 0.722. The monoisotopic (exact) mass is 258 g/mol. The van der Waals surface area contributed by atoms with Gasteiger partial charge >= 0.3 is 0 Å². The predicted molar refractivity (Wildman–Crippen MR) is 76.0 cm³/mol. The zero-order valence-electron chi connectivity index (χ0n) is 11.4. The summed E-state index contributed by atoms with van der Waals surface area (Å²) in [6.45, 7) is 2.07. The fraction of sp³-hybridized carbons (Fsp3) is 0.200. The maximum absolute atomic E-state index is 5.34. The standard InChI is InChI=1S/C15H18N2O2/c1-11-5-4-8-16-17-10-13(11)12-6-7-14(18-2)15(9-12)19-3/h4-10,16-17H,1-3H3. The summed E-state index contributed by atoms with van der Waals surface area (Å²) < 4.78 is 10.6. The van der Waals surface area contributed by atoms with Crippen LogP contribution >= 0.6 is 0 Å². The van der Waals surface area contributed by atoms with Gasteiger partial charge in [-0.1, -0.05) is 12.1 Å². The van der Waals surface area contributed by atoms with E-state index in [0.717, 1.165) is 28.2 Å². The van der Waals surface area contributed by atoms with Gasteiger partial charge in [0.15, 0.2) is 11.5 Å². The minimum Gasteiger partial charge on any atom is -0.493 e. The molecule has 1 heterocycles. The second-order valence-electron chi connectivity index (χ2n) is 4.13. The Morgan fingerprint density at radius 2 is 1.74 bits per heavy atom. The molecular weight excluding hydrogens is 240 g/mol. The third kappa shape index (κ3) is 2.91. The molecule has 0 atom stereocenters. The first-order valence-corrected chi connectivity index (χ1v) is 6.03. The Balaban J connectivity index is 2.57. The molecule has 100 valence electrons. The normalized spacial score (nSPS) is 9.84. The molecule has 0 saturated heterocycles. The van der Waals surface area contributed by atoms with Crippen LogP contribution in [0.25, 0.3) is 11.1 Å². The number of hydrogen-bond acceptors (Lipinski definition) is 2. The molecule has 2 N–H and O–H groups in total. The summed E-state index contributed by atoms with van der Waals surface area (Å²) in [6.07, 6.45) is 3.77. The SMILES string of the molecule is COc1ccc(-c2c[nH][nH]cccc2C)cc1OC.